The van der Waals surface area contributed by atoms with E-state index in [1.165, 1.54) is 4.31 Å². The third-order valence-corrected chi connectivity index (χ3v) is 6.46. The van der Waals surface area contributed by atoms with Gasteiger partial charge in [-0.05, 0) is 19.4 Å². The van der Waals surface area contributed by atoms with Gasteiger partial charge in [0.05, 0.1) is 23.7 Å². The van der Waals surface area contributed by atoms with Crippen LogP contribution in [0.1, 0.15) is 21.8 Å². The zero-order chi connectivity index (χ0) is 16.6. The van der Waals surface area contributed by atoms with E-state index in [4.69, 9.17) is 0 Å². The molecule has 2 aromatic heterocycles. The fourth-order valence-electron chi connectivity index (χ4n) is 2.50. The topological polar surface area (TPSA) is 54.7 Å². The van der Waals surface area contributed by atoms with Crippen molar-refractivity contribution in [2.24, 2.45) is 0 Å². The number of thiazole rings is 1. The minimum absolute atomic E-state index is 0.00794. The average molecular weight is 349 g/mol. The molecule has 23 heavy (non-hydrogen) atoms. The predicted octanol–water partition coefficient (Wildman–Crippen LogP) is 2.97. The SMILES string of the molecule is Cc1cn2c(CN(C)S(=O)(=O)Cc3ccccc3)c(C)nc2s1. The first kappa shape index (κ1) is 16.2. The summed E-state index contributed by atoms with van der Waals surface area (Å²) in [5, 5.41) is 0. The molecule has 0 radical (unpaired) electrons. The van der Waals surface area contributed by atoms with Gasteiger partial charge in [-0.2, -0.15) is 4.31 Å². The lowest BCUT2D eigenvalue weighted by molar-refractivity contribution is 0.459. The van der Waals surface area contributed by atoms with E-state index in [9.17, 15) is 8.42 Å². The number of sulfonamides is 1. The number of fused-ring (bicyclic) bond motifs is 1. The van der Waals surface area contributed by atoms with E-state index in [1.54, 1.807) is 18.4 Å². The molecule has 0 saturated carbocycles. The summed E-state index contributed by atoms with van der Waals surface area (Å²) >= 11 is 1.61. The molecule has 0 aliphatic rings. The highest BCUT2D eigenvalue weighted by molar-refractivity contribution is 7.88. The Morgan fingerprint density at radius 3 is 2.61 bits per heavy atom. The third-order valence-electron chi connectivity index (χ3n) is 3.78. The zero-order valence-corrected chi connectivity index (χ0v) is 15.0. The highest BCUT2D eigenvalue weighted by atomic mass is 32.2. The number of benzene rings is 1. The molecule has 0 aliphatic heterocycles. The predicted molar refractivity (Wildman–Crippen MR) is 93.1 cm³/mol. The monoisotopic (exact) mass is 349 g/mol. The Kier molecular flexibility index (Phi) is 4.27. The summed E-state index contributed by atoms with van der Waals surface area (Å²) in [5.74, 6) is 0.00794. The Balaban J connectivity index is 1.85. The molecular weight excluding hydrogens is 330 g/mol. The van der Waals surface area contributed by atoms with Crippen molar-refractivity contribution < 1.29 is 8.42 Å². The van der Waals surface area contributed by atoms with E-state index in [0.29, 0.717) is 6.54 Å². The number of nitrogens with zero attached hydrogens (tertiary/aromatic N) is 3. The van der Waals surface area contributed by atoms with Crippen LogP contribution in [0.4, 0.5) is 0 Å². The van der Waals surface area contributed by atoms with Crippen molar-refractivity contribution in [3.63, 3.8) is 0 Å². The van der Waals surface area contributed by atoms with E-state index in [-0.39, 0.29) is 5.75 Å². The summed E-state index contributed by atoms with van der Waals surface area (Å²) in [6.07, 6.45) is 2.01. The molecule has 0 saturated heterocycles. The van der Waals surface area contributed by atoms with Crippen LogP contribution in [0.15, 0.2) is 36.5 Å². The number of imidazole rings is 1. The minimum Gasteiger partial charge on any atom is -0.293 e. The van der Waals surface area contributed by atoms with Crippen LogP contribution in [-0.4, -0.2) is 29.2 Å². The summed E-state index contributed by atoms with van der Waals surface area (Å²) in [6.45, 7) is 4.26. The molecule has 0 aliphatic carbocycles. The van der Waals surface area contributed by atoms with Gasteiger partial charge >= 0.3 is 0 Å². The smallest absolute Gasteiger partial charge is 0.218 e. The molecule has 3 rings (SSSR count). The molecule has 1 aromatic carbocycles. The highest BCUT2D eigenvalue weighted by Crippen LogP contribution is 2.22. The molecule has 0 fully saturated rings. The molecule has 0 bridgehead atoms. The van der Waals surface area contributed by atoms with Crippen LogP contribution >= 0.6 is 11.3 Å². The quantitative estimate of drug-likeness (QED) is 0.711. The number of hydrogen-bond donors (Lipinski definition) is 0. The maximum atomic E-state index is 12.6. The Bertz CT molecular complexity index is 927. The lowest BCUT2D eigenvalue weighted by Crippen LogP contribution is -2.28. The molecule has 0 N–H and O–H groups in total. The second-order valence-electron chi connectivity index (χ2n) is 5.64. The van der Waals surface area contributed by atoms with Gasteiger partial charge in [-0.15, -0.1) is 11.3 Å². The molecule has 0 spiro atoms. The van der Waals surface area contributed by atoms with Gasteiger partial charge in [-0.1, -0.05) is 30.3 Å². The first-order valence-corrected chi connectivity index (χ1v) is 9.71. The Morgan fingerprint density at radius 1 is 1.22 bits per heavy atom. The van der Waals surface area contributed by atoms with Crippen LogP contribution in [0.25, 0.3) is 4.96 Å². The van der Waals surface area contributed by atoms with Crippen LogP contribution < -0.4 is 0 Å². The molecule has 3 aromatic rings. The van der Waals surface area contributed by atoms with Crippen molar-refractivity contribution in [3.8, 4) is 0 Å². The van der Waals surface area contributed by atoms with Gasteiger partial charge in [0, 0.05) is 18.1 Å². The number of aromatic nitrogens is 2. The van der Waals surface area contributed by atoms with Gasteiger partial charge < -0.3 is 0 Å². The van der Waals surface area contributed by atoms with Crippen molar-refractivity contribution >= 4 is 26.3 Å². The van der Waals surface area contributed by atoms with E-state index >= 15 is 0 Å². The lowest BCUT2D eigenvalue weighted by atomic mass is 10.2. The molecule has 5 nitrogen and oxygen atoms in total. The van der Waals surface area contributed by atoms with Gasteiger partial charge in [0.25, 0.3) is 0 Å². The van der Waals surface area contributed by atoms with Gasteiger partial charge in [0.2, 0.25) is 10.0 Å². The zero-order valence-electron chi connectivity index (χ0n) is 13.4. The largest absolute Gasteiger partial charge is 0.293 e. The van der Waals surface area contributed by atoms with Crippen molar-refractivity contribution in [1.29, 1.82) is 0 Å². The maximum absolute atomic E-state index is 12.6. The first-order chi connectivity index (χ1) is 10.9. The standard InChI is InChI=1S/C16H19N3O2S2/c1-12-9-19-15(13(2)17-16(19)22-12)10-18(3)23(20,21)11-14-7-5-4-6-8-14/h4-9H,10-11H2,1-3H3. The lowest BCUT2D eigenvalue weighted by Gasteiger charge is -2.17. The fraction of sp³-hybridized carbons (Fsp3) is 0.312. The molecule has 0 amide bonds. The van der Waals surface area contributed by atoms with E-state index in [1.807, 2.05) is 54.8 Å². The second kappa shape index (κ2) is 6.07. The van der Waals surface area contributed by atoms with Crippen molar-refractivity contribution in [2.45, 2.75) is 26.1 Å². The van der Waals surface area contributed by atoms with Crippen LogP contribution in [0.2, 0.25) is 0 Å². The van der Waals surface area contributed by atoms with Crippen molar-refractivity contribution in [1.82, 2.24) is 13.7 Å². The normalized spacial score (nSPS) is 12.3. The second-order valence-corrected chi connectivity index (χ2v) is 8.93. The van der Waals surface area contributed by atoms with E-state index in [2.05, 4.69) is 4.98 Å². The summed E-state index contributed by atoms with van der Waals surface area (Å²) < 4.78 is 28.6. The Morgan fingerprint density at radius 2 is 1.91 bits per heavy atom. The molecule has 2 heterocycles. The minimum atomic E-state index is -3.37. The third kappa shape index (κ3) is 3.31. The fourth-order valence-corrected chi connectivity index (χ4v) is 4.55. The molecule has 7 heteroatoms. The van der Waals surface area contributed by atoms with Gasteiger partial charge in [-0.3, -0.25) is 4.40 Å². The number of rotatable bonds is 5. The van der Waals surface area contributed by atoms with Gasteiger partial charge in [-0.25, -0.2) is 13.4 Å². The summed E-state index contributed by atoms with van der Waals surface area (Å²) in [4.78, 5) is 6.58. The average Bonchev–Trinajstić information content (AvgIpc) is 2.97. The summed E-state index contributed by atoms with van der Waals surface area (Å²) in [6, 6.07) is 9.24. The molecule has 122 valence electrons. The van der Waals surface area contributed by atoms with Gasteiger partial charge in [0.1, 0.15) is 0 Å². The van der Waals surface area contributed by atoms with E-state index in [0.717, 1.165) is 26.8 Å². The van der Waals surface area contributed by atoms with Crippen molar-refractivity contribution in [2.75, 3.05) is 7.05 Å². The summed E-state index contributed by atoms with van der Waals surface area (Å²) in [5.41, 5.74) is 2.59. The Hall–Kier alpha value is -1.70. The maximum Gasteiger partial charge on any atom is 0.218 e. The van der Waals surface area contributed by atoms with E-state index < -0.39 is 10.0 Å². The number of hydrogen-bond acceptors (Lipinski definition) is 4. The van der Waals surface area contributed by atoms with Crippen LogP contribution in [0, 0.1) is 13.8 Å². The van der Waals surface area contributed by atoms with Crippen LogP contribution in [-0.2, 0) is 22.3 Å². The first-order valence-electron chi connectivity index (χ1n) is 7.29. The highest BCUT2D eigenvalue weighted by Gasteiger charge is 2.22. The van der Waals surface area contributed by atoms with Crippen LogP contribution in [0.5, 0.6) is 0 Å². The van der Waals surface area contributed by atoms with Crippen molar-refractivity contribution in [3.05, 3.63) is 58.4 Å². The molecular formula is C16H19N3O2S2. The molecule has 0 unspecified atom stereocenters. The van der Waals surface area contributed by atoms with Crippen LogP contribution in [0.3, 0.4) is 0 Å². The Labute approximate surface area is 140 Å². The summed E-state index contributed by atoms with van der Waals surface area (Å²) in [7, 11) is -1.75. The van der Waals surface area contributed by atoms with Gasteiger partial charge in [0.15, 0.2) is 4.96 Å². The molecule has 0 atom stereocenters. The number of aryl methyl sites for hydroxylation is 2.